The zero-order chi connectivity index (χ0) is 26.2. The normalized spacial score (nSPS) is 19.0. The van der Waals surface area contributed by atoms with Crippen molar-refractivity contribution in [3.63, 3.8) is 0 Å². The Morgan fingerprint density at radius 1 is 1.22 bits per heavy atom. The van der Waals surface area contributed by atoms with Crippen LogP contribution in [0, 0.1) is 17.8 Å². The number of amides is 1. The van der Waals surface area contributed by atoms with Gasteiger partial charge in [0, 0.05) is 25.2 Å². The fourth-order valence-corrected chi connectivity index (χ4v) is 3.72. The number of H-pyrrole nitrogens is 1. The van der Waals surface area contributed by atoms with Gasteiger partial charge in [-0.2, -0.15) is 0 Å². The molecule has 1 aliphatic rings. The molecule has 1 aromatic rings. The number of alkyl halides is 1. The van der Waals surface area contributed by atoms with Crippen LogP contribution >= 0.6 is 11.6 Å². The number of nitrogens with zero attached hydrogens (tertiary/aromatic N) is 1. The molecule has 3 N–H and O–H groups in total. The summed E-state index contributed by atoms with van der Waals surface area (Å²) in [6.07, 6.45) is 4.44. The van der Waals surface area contributed by atoms with Gasteiger partial charge in [-0.25, -0.2) is 9.59 Å². The lowest BCUT2D eigenvalue weighted by Gasteiger charge is -2.14. The Kier molecular flexibility index (Phi) is 14.2. The van der Waals surface area contributed by atoms with Crippen molar-refractivity contribution in [2.45, 2.75) is 51.4 Å². The zero-order valence-electron chi connectivity index (χ0n) is 20.6. The molecule has 3 atom stereocenters. The molecule has 0 bridgehead atoms. The summed E-state index contributed by atoms with van der Waals surface area (Å²) < 4.78 is 22.7. The predicted molar refractivity (Wildman–Crippen MR) is 133 cm³/mol. The van der Waals surface area contributed by atoms with Gasteiger partial charge in [-0.3, -0.25) is 14.3 Å². The van der Waals surface area contributed by atoms with E-state index in [0.717, 1.165) is 25.7 Å². The summed E-state index contributed by atoms with van der Waals surface area (Å²) in [6, 6.07) is 0. The summed E-state index contributed by atoms with van der Waals surface area (Å²) in [4.78, 5) is 38.2. The molecule has 1 aliphatic heterocycles. The van der Waals surface area contributed by atoms with Crippen molar-refractivity contribution >= 4 is 17.7 Å². The highest BCUT2D eigenvalue weighted by atomic mass is 35.5. The molecule has 0 saturated carbocycles. The van der Waals surface area contributed by atoms with E-state index in [4.69, 9.17) is 30.5 Å². The third kappa shape index (κ3) is 10.7. The second-order valence-corrected chi connectivity index (χ2v) is 8.74. The maximum Gasteiger partial charge on any atom is 0.408 e. The Bertz CT molecular complexity index is 971. The molecule has 1 unspecified atom stereocenters. The SMILES string of the molecule is CC1C[C@H](n2cc(C#CCOC(=O)NCCOCCOCCCCCCCl)c(=O)[nH]c2=O)O[C@@H]1CO. The number of alkyl carbamates (subject to hydrolysis) is 1. The monoisotopic (exact) mass is 529 g/mol. The molecule has 11 nitrogen and oxygen atoms in total. The third-order valence-electron chi connectivity index (χ3n) is 5.56. The van der Waals surface area contributed by atoms with E-state index in [1.54, 1.807) is 0 Å². The number of hydrogen-bond donors (Lipinski definition) is 3. The number of rotatable bonds is 15. The minimum atomic E-state index is -0.664. The van der Waals surface area contributed by atoms with Crippen LogP contribution in [-0.2, 0) is 18.9 Å². The molecule has 1 saturated heterocycles. The first kappa shape index (κ1) is 29.9. The molecule has 36 heavy (non-hydrogen) atoms. The molecule has 2 rings (SSSR count). The fraction of sp³-hybridized carbons (Fsp3) is 0.708. The third-order valence-corrected chi connectivity index (χ3v) is 5.82. The maximum absolute atomic E-state index is 12.2. The number of nitrogens with one attached hydrogen (secondary N) is 2. The van der Waals surface area contributed by atoms with E-state index in [1.807, 2.05) is 6.92 Å². The lowest BCUT2D eigenvalue weighted by molar-refractivity contribution is -0.0313. The first-order chi connectivity index (χ1) is 17.5. The molecule has 1 fully saturated rings. The number of ether oxygens (including phenoxy) is 4. The Morgan fingerprint density at radius 2 is 1.97 bits per heavy atom. The molecule has 1 amide bonds. The van der Waals surface area contributed by atoms with Crippen molar-refractivity contribution in [1.82, 2.24) is 14.9 Å². The van der Waals surface area contributed by atoms with Crippen LogP contribution in [0.3, 0.4) is 0 Å². The van der Waals surface area contributed by atoms with Crippen molar-refractivity contribution < 1.29 is 28.8 Å². The van der Waals surface area contributed by atoms with Crippen LogP contribution in [0.5, 0.6) is 0 Å². The molecule has 0 aromatic carbocycles. The summed E-state index contributed by atoms with van der Waals surface area (Å²) in [7, 11) is 0. The molecule has 202 valence electrons. The number of aromatic nitrogens is 2. The smallest absolute Gasteiger partial charge is 0.408 e. The maximum atomic E-state index is 12.2. The average molecular weight is 530 g/mol. The summed E-state index contributed by atoms with van der Waals surface area (Å²) >= 11 is 5.62. The minimum absolute atomic E-state index is 0.0354. The van der Waals surface area contributed by atoms with Crippen molar-refractivity contribution in [3.8, 4) is 11.8 Å². The second-order valence-electron chi connectivity index (χ2n) is 8.37. The number of halogens is 1. The summed E-state index contributed by atoms with van der Waals surface area (Å²) in [6.45, 7) is 3.73. The highest BCUT2D eigenvalue weighted by Crippen LogP contribution is 2.31. The van der Waals surface area contributed by atoms with Crippen LogP contribution in [0.15, 0.2) is 15.8 Å². The summed E-state index contributed by atoms with van der Waals surface area (Å²) in [5.74, 6) is 5.94. The van der Waals surface area contributed by atoms with Gasteiger partial charge in [0.15, 0.2) is 6.61 Å². The minimum Gasteiger partial charge on any atom is -0.436 e. The standard InChI is InChI=1S/C24H36ClN3O8/c1-18-15-21(36-20(18)17-29)28-16-19(22(30)27-23(28)31)7-6-11-35-24(32)26-9-12-34-14-13-33-10-5-3-2-4-8-25/h16,18,20-21,29H,2-5,8-15,17H2,1H3,(H,26,32)(H,27,30,31)/t18?,20-,21-/m1/s1. The van der Waals surface area contributed by atoms with Gasteiger partial charge in [0.1, 0.15) is 11.8 Å². The van der Waals surface area contributed by atoms with Gasteiger partial charge in [0.05, 0.1) is 32.5 Å². The molecule has 0 spiro atoms. The van der Waals surface area contributed by atoms with E-state index in [2.05, 4.69) is 22.1 Å². The van der Waals surface area contributed by atoms with Crippen LogP contribution in [0.4, 0.5) is 4.79 Å². The van der Waals surface area contributed by atoms with Crippen molar-refractivity contribution in [2.24, 2.45) is 5.92 Å². The second kappa shape index (κ2) is 17.2. The number of hydrogen-bond acceptors (Lipinski definition) is 8. The molecule has 0 radical (unpaired) electrons. The van der Waals surface area contributed by atoms with E-state index >= 15 is 0 Å². The highest BCUT2D eigenvalue weighted by molar-refractivity contribution is 6.17. The molecular formula is C24H36ClN3O8. The van der Waals surface area contributed by atoms with Crippen LogP contribution in [0.2, 0.25) is 0 Å². The number of aliphatic hydroxyl groups is 1. The predicted octanol–water partition coefficient (Wildman–Crippen LogP) is 1.36. The highest BCUT2D eigenvalue weighted by Gasteiger charge is 2.33. The van der Waals surface area contributed by atoms with Gasteiger partial charge in [0.2, 0.25) is 0 Å². The van der Waals surface area contributed by atoms with Crippen LogP contribution in [0.1, 0.15) is 50.8 Å². The van der Waals surface area contributed by atoms with Gasteiger partial charge in [-0.05, 0) is 25.2 Å². The lowest BCUT2D eigenvalue weighted by Crippen LogP contribution is -2.33. The lowest BCUT2D eigenvalue weighted by atomic mass is 10.0. The van der Waals surface area contributed by atoms with E-state index in [1.165, 1.54) is 10.8 Å². The Balaban J connectivity index is 1.63. The van der Waals surface area contributed by atoms with Gasteiger partial charge >= 0.3 is 11.8 Å². The van der Waals surface area contributed by atoms with Crippen molar-refractivity contribution in [1.29, 1.82) is 0 Å². The van der Waals surface area contributed by atoms with E-state index < -0.39 is 23.6 Å². The number of aromatic amines is 1. The molecule has 12 heteroatoms. The van der Waals surface area contributed by atoms with E-state index in [-0.39, 0.29) is 37.3 Å². The molecule has 0 aliphatic carbocycles. The number of unbranched alkanes of at least 4 members (excludes halogenated alkanes) is 3. The zero-order valence-corrected chi connectivity index (χ0v) is 21.4. The number of carbonyl (C=O) groups is 1. The van der Waals surface area contributed by atoms with Gasteiger partial charge < -0.3 is 29.4 Å². The first-order valence-corrected chi connectivity index (χ1v) is 12.7. The molecular weight excluding hydrogens is 494 g/mol. The van der Waals surface area contributed by atoms with Crippen LogP contribution in [0.25, 0.3) is 0 Å². The molecule has 1 aromatic heterocycles. The van der Waals surface area contributed by atoms with Crippen molar-refractivity contribution in [3.05, 3.63) is 32.6 Å². The largest absolute Gasteiger partial charge is 0.436 e. The summed E-state index contributed by atoms with van der Waals surface area (Å²) in [5, 5.41) is 11.9. The molecule has 2 heterocycles. The number of aliphatic hydroxyl groups excluding tert-OH is 1. The quantitative estimate of drug-likeness (QED) is 0.176. The van der Waals surface area contributed by atoms with Gasteiger partial charge in [-0.15, -0.1) is 11.6 Å². The topological polar surface area (TPSA) is 141 Å². The van der Waals surface area contributed by atoms with Crippen LogP contribution < -0.4 is 16.6 Å². The van der Waals surface area contributed by atoms with Crippen LogP contribution in [-0.4, -0.2) is 78.9 Å². The first-order valence-electron chi connectivity index (χ1n) is 12.2. The summed E-state index contributed by atoms with van der Waals surface area (Å²) in [5.41, 5.74) is -1.23. The van der Waals surface area contributed by atoms with Crippen molar-refractivity contribution in [2.75, 3.05) is 52.1 Å². The van der Waals surface area contributed by atoms with E-state index in [9.17, 15) is 19.5 Å². The fourth-order valence-electron chi connectivity index (χ4n) is 3.54. The average Bonchev–Trinajstić information content (AvgIpc) is 3.23. The van der Waals surface area contributed by atoms with Gasteiger partial charge in [0.25, 0.3) is 5.56 Å². The number of carbonyl (C=O) groups excluding carboxylic acids is 1. The van der Waals surface area contributed by atoms with E-state index in [0.29, 0.717) is 38.7 Å². The Morgan fingerprint density at radius 3 is 2.69 bits per heavy atom. The Hall–Kier alpha value is -2.36. The Labute approximate surface area is 215 Å². The van der Waals surface area contributed by atoms with Gasteiger partial charge in [-0.1, -0.05) is 31.6 Å².